The molecule has 0 bridgehead atoms. The zero-order valence-electron chi connectivity index (χ0n) is 29.3. The Balaban J connectivity index is 1.66. The molecule has 0 radical (unpaired) electrons. The van der Waals surface area contributed by atoms with Crippen molar-refractivity contribution in [2.75, 3.05) is 13.3 Å². The van der Waals surface area contributed by atoms with E-state index in [2.05, 4.69) is 46.2 Å². The van der Waals surface area contributed by atoms with E-state index in [1.54, 1.807) is 12.1 Å². The molecule has 1 N–H and O–H groups in total. The minimum Gasteiger partial charge on any atom is -0.481 e. The van der Waals surface area contributed by atoms with E-state index in [-0.39, 0.29) is 17.9 Å². The van der Waals surface area contributed by atoms with Crippen molar-refractivity contribution < 1.29 is 27.8 Å². The van der Waals surface area contributed by atoms with E-state index < -0.39 is 39.2 Å². The molecule has 6 nitrogen and oxygen atoms in total. The van der Waals surface area contributed by atoms with Crippen molar-refractivity contribution in [3.05, 3.63) is 126 Å². The summed E-state index contributed by atoms with van der Waals surface area (Å²) in [5, 5.41) is 12.5. The van der Waals surface area contributed by atoms with Crippen LogP contribution in [0.1, 0.15) is 58.1 Å². The first-order valence-electron chi connectivity index (χ1n) is 16.7. The summed E-state index contributed by atoms with van der Waals surface area (Å²) < 4.78 is 41.5. The lowest BCUT2D eigenvalue weighted by Gasteiger charge is -2.45. The fourth-order valence-corrected chi connectivity index (χ4v) is 12.8. The molecule has 0 aliphatic carbocycles. The average molecular weight is 708 g/mol. The fourth-order valence-electron chi connectivity index (χ4n) is 6.63. The normalized spacial score (nSPS) is 13.8. The van der Waals surface area contributed by atoms with Crippen LogP contribution in [-0.4, -0.2) is 43.8 Å². The van der Waals surface area contributed by atoms with Gasteiger partial charge in [0.2, 0.25) is 0 Å². The van der Waals surface area contributed by atoms with Gasteiger partial charge in [-0.15, -0.1) is 0 Å². The van der Waals surface area contributed by atoms with E-state index in [9.17, 15) is 18.9 Å². The van der Waals surface area contributed by atoms with Gasteiger partial charge in [-0.1, -0.05) is 119 Å². The largest absolute Gasteiger partial charge is 0.481 e. The van der Waals surface area contributed by atoms with Crippen LogP contribution in [-0.2, 0) is 18.3 Å². The van der Waals surface area contributed by atoms with Gasteiger partial charge in [-0.3, -0.25) is 9.36 Å². The first-order valence-corrected chi connectivity index (χ1v) is 20.4. The van der Waals surface area contributed by atoms with Crippen LogP contribution >= 0.6 is 7.37 Å². The number of pyridine rings is 1. The summed E-state index contributed by atoms with van der Waals surface area (Å²) in [4.78, 5) is 17.3. The van der Waals surface area contributed by atoms with E-state index in [1.807, 2.05) is 84.9 Å². The Kier molecular flexibility index (Phi) is 11.2. The number of carbonyl (C=O) groups is 1. The molecule has 0 saturated carbocycles. The maximum Gasteiger partial charge on any atom is 0.305 e. The zero-order chi connectivity index (χ0) is 36.1. The minimum absolute atomic E-state index is 0.00608. The lowest BCUT2D eigenvalue weighted by Crippen LogP contribution is -2.68. The van der Waals surface area contributed by atoms with Crippen molar-refractivity contribution in [2.24, 2.45) is 0 Å². The summed E-state index contributed by atoms with van der Waals surface area (Å²) in [5.74, 6) is 1.74. The molecule has 0 aliphatic rings. The van der Waals surface area contributed by atoms with Gasteiger partial charge >= 0.3 is 5.97 Å². The predicted molar refractivity (Wildman–Crippen MR) is 202 cm³/mol. The zero-order valence-corrected chi connectivity index (χ0v) is 31.2. The van der Waals surface area contributed by atoms with Crippen LogP contribution in [0.2, 0.25) is 5.04 Å². The molecule has 5 aromatic rings. The Labute approximate surface area is 295 Å². The lowest BCUT2D eigenvalue weighted by atomic mass is 9.90. The van der Waals surface area contributed by atoms with Crippen LogP contribution in [0.5, 0.6) is 0 Å². The first kappa shape index (κ1) is 36.9. The van der Waals surface area contributed by atoms with Gasteiger partial charge in [0, 0.05) is 18.1 Å². The Hall–Kier alpha value is -4.38. The maximum atomic E-state index is 14.7. The molecule has 50 heavy (non-hydrogen) atoms. The predicted octanol–water partition coefficient (Wildman–Crippen LogP) is 8.82. The van der Waals surface area contributed by atoms with E-state index >= 15 is 0 Å². The Bertz CT molecular complexity index is 2030. The number of hydrogen-bond acceptors (Lipinski definition) is 5. The maximum absolute atomic E-state index is 14.7. The third-order valence-electron chi connectivity index (χ3n) is 8.88. The molecule has 0 saturated heterocycles. The number of aromatic nitrogens is 1. The van der Waals surface area contributed by atoms with Crippen molar-refractivity contribution >= 4 is 42.9 Å². The highest BCUT2D eigenvalue weighted by atomic mass is 31.2. The van der Waals surface area contributed by atoms with Gasteiger partial charge in [0.15, 0.2) is 0 Å². The lowest BCUT2D eigenvalue weighted by molar-refractivity contribution is -0.138. The highest BCUT2D eigenvalue weighted by Crippen LogP contribution is 2.48. The van der Waals surface area contributed by atoms with Crippen LogP contribution < -0.4 is 10.4 Å². The highest BCUT2D eigenvalue weighted by molar-refractivity contribution is 7.64. The monoisotopic (exact) mass is 707 g/mol. The molecule has 2 atom stereocenters. The summed E-state index contributed by atoms with van der Waals surface area (Å²) in [5.41, 5.74) is 6.39. The summed E-state index contributed by atoms with van der Waals surface area (Å²) in [6.45, 7) is 10.4. The molecule has 5 rings (SSSR count). The molecule has 4 aromatic carbocycles. The molecule has 0 amide bonds. The van der Waals surface area contributed by atoms with Crippen molar-refractivity contribution in [1.82, 2.24) is 4.98 Å². The summed E-state index contributed by atoms with van der Waals surface area (Å²) in [7, 11) is -5.73. The molecule has 0 fully saturated rings. The van der Waals surface area contributed by atoms with Crippen LogP contribution in [0, 0.1) is 17.4 Å². The molecule has 0 spiro atoms. The van der Waals surface area contributed by atoms with Crippen molar-refractivity contribution in [1.29, 1.82) is 0 Å². The molecule has 0 aliphatic heterocycles. The minimum atomic E-state index is -3.84. The van der Waals surface area contributed by atoms with E-state index in [1.165, 1.54) is 19.2 Å². The number of fused-ring (bicyclic) bond motifs is 1. The molecule has 1 aromatic heterocycles. The van der Waals surface area contributed by atoms with E-state index in [0.29, 0.717) is 16.8 Å². The van der Waals surface area contributed by atoms with E-state index in [0.717, 1.165) is 26.8 Å². The summed E-state index contributed by atoms with van der Waals surface area (Å²) in [6, 6.07) is 33.6. The Morgan fingerprint density at radius 2 is 1.46 bits per heavy atom. The molecule has 258 valence electrons. The third-order valence-corrected chi connectivity index (χ3v) is 15.9. The number of nitrogens with zero attached hydrogens (tertiary/aromatic N) is 1. The number of carboxylic acids is 1. The van der Waals surface area contributed by atoms with E-state index in [4.69, 9.17) is 13.9 Å². The quantitative estimate of drug-likeness (QED) is 0.0839. The van der Waals surface area contributed by atoms with Crippen molar-refractivity contribution in [3.63, 3.8) is 0 Å². The smallest absolute Gasteiger partial charge is 0.305 e. The van der Waals surface area contributed by atoms with Gasteiger partial charge in [-0.05, 0) is 62.9 Å². The average Bonchev–Trinajstić information content (AvgIpc) is 3.09. The second-order valence-electron chi connectivity index (χ2n) is 13.7. The van der Waals surface area contributed by atoms with Crippen LogP contribution in [0.25, 0.3) is 22.2 Å². The second kappa shape index (κ2) is 15.2. The van der Waals surface area contributed by atoms with Gasteiger partial charge in [0.25, 0.3) is 15.7 Å². The number of rotatable bonds is 11. The molecule has 1 unspecified atom stereocenters. The van der Waals surface area contributed by atoms with Gasteiger partial charge in [-0.25, -0.2) is 9.37 Å². The van der Waals surface area contributed by atoms with Gasteiger partial charge in [-0.2, -0.15) is 0 Å². The number of benzene rings is 4. The Morgan fingerprint density at radius 3 is 1.98 bits per heavy atom. The third kappa shape index (κ3) is 7.82. The number of hydrogen-bond donors (Lipinski definition) is 1. The molecular formula is C41H43FNO5PSi. The molecule has 9 heteroatoms. The fraction of sp³-hybridized carbons (Fsp3) is 0.268. The molecular weight excluding hydrogens is 665 g/mol. The molecule has 1 heterocycles. The Morgan fingerprint density at radius 1 is 0.900 bits per heavy atom. The van der Waals surface area contributed by atoms with Gasteiger partial charge in [0.05, 0.1) is 35.5 Å². The van der Waals surface area contributed by atoms with Crippen LogP contribution in [0.15, 0.2) is 109 Å². The van der Waals surface area contributed by atoms with Crippen molar-refractivity contribution in [3.8, 4) is 22.8 Å². The second-order valence-corrected chi connectivity index (χ2v) is 20.3. The summed E-state index contributed by atoms with van der Waals surface area (Å²) in [6.07, 6.45) is -1.62. The van der Waals surface area contributed by atoms with Gasteiger partial charge in [0.1, 0.15) is 5.82 Å². The SMILES string of the molecule is COP(=O)(C#Cc1c(-c2ccc(F)cc2)nc2ccccc2c1C(C)C)C[C@H](CC(=O)O)O[Si](c1ccccc1)(c1ccccc1)C(C)(C)C. The summed E-state index contributed by atoms with van der Waals surface area (Å²) >= 11 is 0. The highest BCUT2D eigenvalue weighted by Gasteiger charge is 2.52. The topological polar surface area (TPSA) is 85.7 Å². The number of carboxylic acid groups (broad SMARTS) is 1. The first-order chi connectivity index (χ1) is 23.8. The van der Waals surface area contributed by atoms with Crippen LogP contribution in [0.4, 0.5) is 4.39 Å². The van der Waals surface area contributed by atoms with Crippen LogP contribution in [0.3, 0.4) is 0 Å². The number of aliphatic carboxylic acids is 1. The number of halogens is 1. The van der Waals surface area contributed by atoms with Gasteiger partial charge < -0.3 is 14.1 Å². The van der Waals surface area contributed by atoms with Crippen molar-refractivity contribution in [2.45, 2.75) is 58.1 Å². The number of para-hydroxylation sites is 1. The standard InChI is InChI=1S/C41H43FNO5PSi/c1-29(2)39-35-19-13-14-20-37(35)43-40(30-21-23-31(42)24-22-30)36(39)25-26-49(46,47-6)28-32(27-38(44)45)48-50(41(3,4)5,33-15-9-7-10-16-33)34-17-11-8-12-18-34/h7-24,29,32H,27-28H2,1-6H3,(H,44,45)/t32-,49?/m0/s1.